The van der Waals surface area contributed by atoms with Gasteiger partial charge in [-0.15, -0.1) is 0 Å². The molecule has 158 valence electrons. The SMILES string of the molecule is CCN(C(=O)c1cc2ncccc2[nH]1)[C@H]1CCC[C@@H](NCc2cc(C3CC3)on2)C1. The van der Waals surface area contributed by atoms with Gasteiger partial charge in [-0.25, -0.2) is 0 Å². The van der Waals surface area contributed by atoms with Gasteiger partial charge in [0.25, 0.3) is 5.91 Å². The van der Waals surface area contributed by atoms with Gasteiger partial charge in [0, 0.05) is 43.4 Å². The summed E-state index contributed by atoms with van der Waals surface area (Å²) in [7, 11) is 0. The third-order valence-electron chi connectivity index (χ3n) is 6.44. The molecule has 0 unspecified atom stereocenters. The zero-order valence-corrected chi connectivity index (χ0v) is 17.4. The molecule has 2 fully saturated rings. The number of pyridine rings is 1. The Morgan fingerprint density at radius 1 is 1.30 bits per heavy atom. The number of amides is 1. The van der Waals surface area contributed by atoms with E-state index >= 15 is 0 Å². The Kier molecular flexibility index (Phi) is 5.29. The maximum atomic E-state index is 13.2. The molecule has 3 aromatic heterocycles. The van der Waals surface area contributed by atoms with Crippen molar-refractivity contribution in [2.24, 2.45) is 0 Å². The van der Waals surface area contributed by atoms with E-state index in [2.05, 4.69) is 33.4 Å². The van der Waals surface area contributed by atoms with Crippen LogP contribution in [-0.4, -0.2) is 44.6 Å². The number of carbonyl (C=O) groups is 1. The summed E-state index contributed by atoms with van der Waals surface area (Å²) >= 11 is 0. The van der Waals surface area contributed by atoms with Crippen LogP contribution >= 0.6 is 0 Å². The molecule has 3 heterocycles. The maximum Gasteiger partial charge on any atom is 0.270 e. The molecule has 2 N–H and O–H groups in total. The van der Waals surface area contributed by atoms with Gasteiger partial charge in [0.05, 0.1) is 16.7 Å². The van der Waals surface area contributed by atoms with Crippen molar-refractivity contribution in [2.45, 2.75) is 70.0 Å². The van der Waals surface area contributed by atoms with Crippen LogP contribution < -0.4 is 5.32 Å². The first-order chi connectivity index (χ1) is 14.7. The minimum atomic E-state index is 0.0618. The quantitative estimate of drug-likeness (QED) is 0.618. The van der Waals surface area contributed by atoms with Crippen LogP contribution in [0.2, 0.25) is 0 Å². The van der Waals surface area contributed by atoms with Gasteiger partial charge in [-0.2, -0.15) is 0 Å². The summed E-state index contributed by atoms with van der Waals surface area (Å²) in [5.41, 5.74) is 3.33. The highest BCUT2D eigenvalue weighted by Crippen LogP contribution is 2.40. The van der Waals surface area contributed by atoms with E-state index in [-0.39, 0.29) is 11.9 Å². The number of H-pyrrole nitrogens is 1. The summed E-state index contributed by atoms with van der Waals surface area (Å²) in [5.74, 6) is 1.69. The van der Waals surface area contributed by atoms with Crippen LogP contribution in [0.15, 0.2) is 35.0 Å². The van der Waals surface area contributed by atoms with E-state index in [1.807, 2.05) is 23.1 Å². The average molecular weight is 408 g/mol. The van der Waals surface area contributed by atoms with Gasteiger partial charge in [-0.3, -0.25) is 9.78 Å². The standard InChI is InChI=1S/C23H29N5O2/c1-2-28(23(29)21-13-20-19(26-21)7-4-10-24-20)18-6-3-5-16(11-18)25-14-17-12-22(30-27-17)15-8-9-15/h4,7,10,12-13,15-16,18,25-26H,2-3,5-6,8-9,11,14H2,1H3/t16-,18+/m1/s1. The molecule has 0 spiro atoms. The zero-order chi connectivity index (χ0) is 20.5. The fourth-order valence-electron chi connectivity index (χ4n) is 4.65. The highest BCUT2D eigenvalue weighted by molar-refractivity contribution is 5.97. The number of fused-ring (bicyclic) bond motifs is 1. The number of aromatic nitrogens is 3. The van der Waals surface area contributed by atoms with Crippen LogP contribution in [-0.2, 0) is 6.54 Å². The minimum absolute atomic E-state index is 0.0618. The van der Waals surface area contributed by atoms with Crippen LogP contribution in [0.1, 0.15) is 73.3 Å². The lowest BCUT2D eigenvalue weighted by Crippen LogP contribution is -2.46. The van der Waals surface area contributed by atoms with Crippen LogP contribution in [0, 0.1) is 0 Å². The third kappa shape index (κ3) is 3.99. The van der Waals surface area contributed by atoms with Crippen LogP contribution in [0.5, 0.6) is 0 Å². The maximum absolute atomic E-state index is 13.2. The number of nitrogens with zero attached hydrogens (tertiary/aromatic N) is 3. The molecule has 0 radical (unpaired) electrons. The Morgan fingerprint density at radius 3 is 3.00 bits per heavy atom. The lowest BCUT2D eigenvalue weighted by molar-refractivity contribution is 0.0623. The molecule has 0 aliphatic heterocycles. The molecule has 2 aliphatic carbocycles. The van der Waals surface area contributed by atoms with E-state index in [0.29, 0.717) is 24.2 Å². The molecule has 5 rings (SSSR count). The first-order valence-corrected chi connectivity index (χ1v) is 11.1. The molecule has 1 amide bonds. The molecule has 7 heteroatoms. The molecule has 2 saturated carbocycles. The molecule has 0 saturated heterocycles. The van der Waals surface area contributed by atoms with Gasteiger partial charge in [0.15, 0.2) is 0 Å². The normalized spacial score (nSPS) is 21.8. The van der Waals surface area contributed by atoms with Crippen LogP contribution in [0.4, 0.5) is 0 Å². The largest absolute Gasteiger partial charge is 0.361 e. The van der Waals surface area contributed by atoms with E-state index in [1.54, 1.807) is 6.20 Å². The number of hydrogen-bond acceptors (Lipinski definition) is 5. The Morgan fingerprint density at radius 2 is 2.20 bits per heavy atom. The van der Waals surface area contributed by atoms with Crippen molar-refractivity contribution in [1.29, 1.82) is 0 Å². The van der Waals surface area contributed by atoms with E-state index in [9.17, 15) is 4.79 Å². The zero-order valence-electron chi connectivity index (χ0n) is 17.4. The summed E-state index contributed by atoms with van der Waals surface area (Å²) in [6.07, 6.45) is 8.46. The van der Waals surface area contributed by atoms with Gasteiger partial charge in [-0.05, 0) is 63.6 Å². The topological polar surface area (TPSA) is 87.0 Å². The molecule has 2 atom stereocenters. The number of rotatable bonds is 7. The number of hydrogen-bond donors (Lipinski definition) is 2. The van der Waals surface area contributed by atoms with Crippen molar-refractivity contribution >= 4 is 16.9 Å². The predicted octanol–water partition coefficient (Wildman–Crippen LogP) is 3.99. The molecule has 7 nitrogen and oxygen atoms in total. The van der Waals surface area contributed by atoms with Gasteiger partial charge in [-0.1, -0.05) is 5.16 Å². The van der Waals surface area contributed by atoms with E-state index < -0.39 is 0 Å². The van der Waals surface area contributed by atoms with Crippen LogP contribution in [0.3, 0.4) is 0 Å². The monoisotopic (exact) mass is 407 g/mol. The molecule has 2 aliphatic rings. The Balaban J connectivity index is 1.22. The van der Waals surface area contributed by atoms with Crippen molar-refractivity contribution in [3.05, 3.63) is 47.6 Å². The van der Waals surface area contributed by atoms with Crippen molar-refractivity contribution in [3.8, 4) is 0 Å². The molecular formula is C23H29N5O2. The molecule has 0 bridgehead atoms. The first-order valence-electron chi connectivity index (χ1n) is 11.1. The number of carbonyl (C=O) groups excluding carboxylic acids is 1. The summed E-state index contributed by atoms with van der Waals surface area (Å²) in [5, 5.41) is 7.85. The minimum Gasteiger partial charge on any atom is -0.361 e. The molecular weight excluding hydrogens is 378 g/mol. The Bertz CT molecular complexity index is 988. The lowest BCUT2D eigenvalue weighted by atomic mass is 9.89. The van der Waals surface area contributed by atoms with Crippen molar-refractivity contribution in [3.63, 3.8) is 0 Å². The van der Waals surface area contributed by atoms with Gasteiger partial charge >= 0.3 is 0 Å². The second kappa shape index (κ2) is 8.22. The van der Waals surface area contributed by atoms with Gasteiger partial charge in [0.2, 0.25) is 0 Å². The van der Waals surface area contributed by atoms with E-state index in [0.717, 1.165) is 54.7 Å². The van der Waals surface area contributed by atoms with Crippen molar-refractivity contribution in [1.82, 2.24) is 25.3 Å². The second-order valence-electron chi connectivity index (χ2n) is 8.60. The fourth-order valence-corrected chi connectivity index (χ4v) is 4.65. The summed E-state index contributed by atoms with van der Waals surface area (Å²) in [4.78, 5) is 22.8. The lowest BCUT2D eigenvalue weighted by Gasteiger charge is -2.37. The smallest absolute Gasteiger partial charge is 0.270 e. The number of nitrogens with one attached hydrogen (secondary N) is 2. The Labute approximate surface area is 176 Å². The van der Waals surface area contributed by atoms with Crippen LogP contribution in [0.25, 0.3) is 11.0 Å². The summed E-state index contributed by atoms with van der Waals surface area (Å²) in [6, 6.07) is 8.42. The molecule has 30 heavy (non-hydrogen) atoms. The fraction of sp³-hybridized carbons (Fsp3) is 0.522. The van der Waals surface area contributed by atoms with E-state index in [4.69, 9.17) is 4.52 Å². The predicted molar refractivity (Wildman–Crippen MR) is 114 cm³/mol. The second-order valence-corrected chi connectivity index (χ2v) is 8.60. The number of aromatic amines is 1. The highest BCUT2D eigenvalue weighted by Gasteiger charge is 2.31. The molecule has 3 aromatic rings. The van der Waals surface area contributed by atoms with Crippen molar-refractivity contribution < 1.29 is 9.32 Å². The van der Waals surface area contributed by atoms with Gasteiger partial charge < -0.3 is 19.7 Å². The first kappa shape index (κ1) is 19.3. The van der Waals surface area contributed by atoms with Crippen molar-refractivity contribution in [2.75, 3.05) is 6.54 Å². The average Bonchev–Trinajstić information content (AvgIpc) is 3.35. The highest BCUT2D eigenvalue weighted by atomic mass is 16.5. The van der Waals surface area contributed by atoms with Gasteiger partial charge in [0.1, 0.15) is 11.5 Å². The Hall–Kier alpha value is -2.67. The third-order valence-corrected chi connectivity index (χ3v) is 6.44. The molecule has 0 aromatic carbocycles. The summed E-state index contributed by atoms with van der Waals surface area (Å²) < 4.78 is 5.46. The van der Waals surface area contributed by atoms with E-state index in [1.165, 1.54) is 12.8 Å². The summed E-state index contributed by atoms with van der Waals surface area (Å²) in [6.45, 7) is 3.49.